The first-order chi connectivity index (χ1) is 9.96. The standard InChI is InChI=1S/C14H18BrF2NO2S/c15-8-9-18(12-4-2-1-3-5-12)21(19,20)14-10-11(16)6-7-13(14)17/h6-7,10,12H,1-5,8-9H2. The van der Waals surface area contributed by atoms with Gasteiger partial charge in [0, 0.05) is 17.9 Å². The zero-order valence-electron chi connectivity index (χ0n) is 11.6. The second-order valence-electron chi connectivity index (χ2n) is 5.17. The quantitative estimate of drug-likeness (QED) is 0.729. The topological polar surface area (TPSA) is 37.4 Å². The first kappa shape index (κ1) is 16.8. The van der Waals surface area contributed by atoms with Crippen molar-refractivity contribution in [3.63, 3.8) is 0 Å². The SMILES string of the molecule is O=S(=O)(c1cc(F)ccc1F)N(CCBr)C1CCCCC1. The van der Waals surface area contributed by atoms with Crippen molar-refractivity contribution in [3.8, 4) is 0 Å². The fraction of sp³-hybridized carbons (Fsp3) is 0.571. The Morgan fingerprint density at radius 1 is 1.19 bits per heavy atom. The summed E-state index contributed by atoms with van der Waals surface area (Å²) in [6.45, 7) is 0.253. The summed E-state index contributed by atoms with van der Waals surface area (Å²) in [5.41, 5.74) is 0. The van der Waals surface area contributed by atoms with E-state index in [4.69, 9.17) is 0 Å². The summed E-state index contributed by atoms with van der Waals surface area (Å²) in [5.74, 6) is -1.66. The van der Waals surface area contributed by atoms with E-state index in [2.05, 4.69) is 15.9 Å². The molecule has 1 aromatic carbocycles. The van der Waals surface area contributed by atoms with Crippen LogP contribution in [0.4, 0.5) is 8.78 Å². The van der Waals surface area contributed by atoms with Gasteiger partial charge >= 0.3 is 0 Å². The summed E-state index contributed by atoms with van der Waals surface area (Å²) in [5, 5.41) is 0.458. The summed E-state index contributed by atoms with van der Waals surface area (Å²) >= 11 is 3.24. The lowest BCUT2D eigenvalue weighted by molar-refractivity contribution is 0.262. The average Bonchev–Trinajstić information content (AvgIpc) is 2.48. The molecule has 0 atom stereocenters. The molecule has 7 heteroatoms. The third-order valence-corrected chi connectivity index (χ3v) is 6.09. The second kappa shape index (κ2) is 7.15. The molecular formula is C14H18BrF2NO2S. The van der Waals surface area contributed by atoms with Crippen LogP contribution in [-0.4, -0.2) is 30.6 Å². The van der Waals surface area contributed by atoms with Crippen molar-refractivity contribution < 1.29 is 17.2 Å². The van der Waals surface area contributed by atoms with E-state index in [1.165, 1.54) is 4.31 Å². The lowest BCUT2D eigenvalue weighted by atomic mass is 9.95. The number of nitrogens with zero attached hydrogens (tertiary/aromatic N) is 1. The van der Waals surface area contributed by atoms with Crippen LogP contribution in [0.15, 0.2) is 23.1 Å². The molecule has 1 fully saturated rings. The lowest BCUT2D eigenvalue weighted by Gasteiger charge is -2.33. The Kier molecular flexibility index (Phi) is 5.73. The van der Waals surface area contributed by atoms with E-state index >= 15 is 0 Å². The van der Waals surface area contributed by atoms with E-state index < -0.39 is 26.6 Å². The zero-order valence-corrected chi connectivity index (χ0v) is 14.0. The van der Waals surface area contributed by atoms with Gasteiger partial charge in [0.25, 0.3) is 0 Å². The van der Waals surface area contributed by atoms with Crippen molar-refractivity contribution >= 4 is 26.0 Å². The van der Waals surface area contributed by atoms with Gasteiger partial charge in [0.15, 0.2) is 0 Å². The summed E-state index contributed by atoms with van der Waals surface area (Å²) in [4.78, 5) is -0.575. The first-order valence-corrected chi connectivity index (χ1v) is 9.56. The van der Waals surface area contributed by atoms with Crippen molar-refractivity contribution in [1.82, 2.24) is 4.31 Å². The molecule has 0 aromatic heterocycles. The molecule has 118 valence electrons. The number of benzene rings is 1. The molecule has 2 rings (SSSR count). The van der Waals surface area contributed by atoms with Crippen LogP contribution in [0.2, 0.25) is 0 Å². The molecular weight excluding hydrogens is 364 g/mol. The van der Waals surface area contributed by atoms with Crippen LogP contribution >= 0.6 is 15.9 Å². The highest BCUT2D eigenvalue weighted by molar-refractivity contribution is 9.09. The molecule has 0 aliphatic heterocycles. The Hall–Kier alpha value is -0.530. The number of sulfonamides is 1. The maximum absolute atomic E-state index is 13.8. The van der Waals surface area contributed by atoms with E-state index in [1.807, 2.05) is 0 Å². The van der Waals surface area contributed by atoms with Gasteiger partial charge < -0.3 is 0 Å². The van der Waals surface area contributed by atoms with Crippen LogP contribution in [0.5, 0.6) is 0 Å². The van der Waals surface area contributed by atoms with Gasteiger partial charge in [-0.1, -0.05) is 35.2 Å². The van der Waals surface area contributed by atoms with Crippen LogP contribution in [0.25, 0.3) is 0 Å². The highest BCUT2D eigenvalue weighted by Gasteiger charge is 2.33. The van der Waals surface area contributed by atoms with Gasteiger partial charge in [-0.3, -0.25) is 0 Å². The molecule has 0 N–H and O–H groups in total. The van der Waals surface area contributed by atoms with Crippen LogP contribution in [0.1, 0.15) is 32.1 Å². The largest absolute Gasteiger partial charge is 0.246 e. The van der Waals surface area contributed by atoms with Gasteiger partial charge in [-0.2, -0.15) is 4.31 Å². The Bertz CT molecular complexity index is 589. The minimum absolute atomic E-state index is 0.135. The Balaban J connectivity index is 2.39. The highest BCUT2D eigenvalue weighted by Crippen LogP contribution is 2.29. The number of alkyl halides is 1. The normalized spacial score (nSPS) is 17.3. The minimum atomic E-state index is -4.03. The Morgan fingerprint density at radius 2 is 1.86 bits per heavy atom. The molecule has 0 spiro atoms. The molecule has 0 radical (unpaired) electrons. The second-order valence-corrected chi connectivity index (χ2v) is 7.82. The van der Waals surface area contributed by atoms with E-state index in [-0.39, 0.29) is 12.6 Å². The van der Waals surface area contributed by atoms with Gasteiger partial charge in [0.05, 0.1) is 0 Å². The first-order valence-electron chi connectivity index (χ1n) is 6.99. The van der Waals surface area contributed by atoms with Crippen molar-refractivity contribution in [2.24, 2.45) is 0 Å². The Labute approximate surface area is 132 Å². The van der Waals surface area contributed by atoms with Crippen molar-refractivity contribution in [3.05, 3.63) is 29.8 Å². The Morgan fingerprint density at radius 3 is 2.48 bits per heavy atom. The maximum Gasteiger partial charge on any atom is 0.246 e. The number of halogens is 3. The number of hydrogen-bond donors (Lipinski definition) is 0. The van der Waals surface area contributed by atoms with E-state index in [1.54, 1.807) is 0 Å². The summed E-state index contributed by atoms with van der Waals surface area (Å²) in [7, 11) is -4.03. The van der Waals surface area contributed by atoms with E-state index in [0.29, 0.717) is 5.33 Å². The molecule has 0 unspecified atom stereocenters. The molecule has 0 heterocycles. The molecule has 0 bridgehead atoms. The fourth-order valence-electron chi connectivity index (χ4n) is 2.75. The molecule has 0 amide bonds. The summed E-state index contributed by atoms with van der Waals surface area (Å²) in [6, 6.07) is 2.40. The average molecular weight is 382 g/mol. The van der Waals surface area contributed by atoms with Gasteiger partial charge in [-0.25, -0.2) is 17.2 Å². The summed E-state index contributed by atoms with van der Waals surface area (Å²) in [6.07, 6.45) is 4.55. The third kappa shape index (κ3) is 3.81. The lowest BCUT2D eigenvalue weighted by Crippen LogP contribution is -2.42. The molecule has 3 nitrogen and oxygen atoms in total. The van der Waals surface area contributed by atoms with Crippen LogP contribution in [0, 0.1) is 11.6 Å². The van der Waals surface area contributed by atoms with Crippen LogP contribution in [0.3, 0.4) is 0 Å². The van der Waals surface area contributed by atoms with Crippen LogP contribution < -0.4 is 0 Å². The predicted octanol–water partition coefficient (Wildman–Crippen LogP) is 3.68. The molecule has 1 aliphatic rings. The van der Waals surface area contributed by atoms with Crippen molar-refractivity contribution in [2.75, 3.05) is 11.9 Å². The molecule has 0 saturated heterocycles. The molecule has 1 aromatic rings. The van der Waals surface area contributed by atoms with Crippen LogP contribution in [-0.2, 0) is 10.0 Å². The van der Waals surface area contributed by atoms with Crippen molar-refractivity contribution in [2.45, 2.75) is 43.0 Å². The van der Waals surface area contributed by atoms with Gasteiger partial charge in [-0.15, -0.1) is 0 Å². The van der Waals surface area contributed by atoms with Crippen molar-refractivity contribution in [1.29, 1.82) is 0 Å². The predicted molar refractivity (Wildman–Crippen MR) is 80.9 cm³/mol. The molecule has 1 saturated carbocycles. The maximum atomic E-state index is 13.8. The number of rotatable bonds is 5. The molecule has 1 aliphatic carbocycles. The third-order valence-electron chi connectivity index (χ3n) is 3.77. The van der Waals surface area contributed by atoms with E-state index in [9.17, 15) is 17.2 Å². The minimum Gasteiger partial charge on any atom is -0.207 e. The van der Waals surface area contributed by atoms with E-state index in [0.717, 1.165) is 50.3 Å². The number of hydrogen-bond acceptors (Lipinski definition) is 2. The smallest absolute Gasteiger partial charge is 0.207 e. The fourth-order valence-corrected chi connectivity index (χ4v) is 5.13. The van der Waals surface area contributed by atoms with Gasteiger partial charge in [0.1, 0.15) is 16.5 Å². The monoisotopic (exact) mass is 381 g/mol. The molecule has 21 heavy (non-hydrogen) atoms. The van der Waals surface area contributed by atoms with Gasteiger partial charge in [-0.05, 0) is 31.0 Å². The summed E-state index contributed by atoms with van der Waals surface area (Å²) < 4.78 is 53.9. The highest BCUT2D eigenvalue weighted by atomic mass is 79.9. The van der Waals surface area contributed by atoms with Gasteiger partial charge in [0.2, 0.25) is 10.0 Å². The zero-order chi connectivity index (χ0) is 15.5.